The van der Waals surface area contributed by atoms with Gasteiger partial charge in [-0.2, -0.15) is 0 Å². The van der Waals surface area contributed by atoms with Gasteiger partial charge in [-0.15, -0.1) is 11.3 Å². The van der Waals surface area contributed by atoms with E-state index in [-0.39, 0.29) is 36.2 Å². The number of carboxylic acids is 1. The van der Waals surface area contributed by atoms with Gasteiger partial charge in [0.1, 0.15) is 23.7 Å². The molecule has 2 unspecified atom stereocenters. The van der Waals surface area contributed by atoms with Crippen molar-refractivity contribution in [2.75, 3.05) is 13.2 Å². The summed E-state index contributed by atoms with van der Waals surface area (Å²) in [4.78, 5) is 26.7. The number of rotatable bonds is 8. The van der Waals surface area contributed by atoms with Gasteiger partial charge >= 0.3 is 6.09 Å². The fourth-order valence-electron chi connectivity index (χ4n) is 3.84. The van der Waals surface area contributed by atoms with Crippen LogP contribution in [0.5, 0.6) is 0 Å². The summed E-state index contributed by atoms with van der Waals surface area (Å²) in [5.74, 6) is -1.50. The maximum absolute atomic E-state index is 12.2. The molecule has 9 heteroatoms. The van der Waals surface area contributed by atoms with Gasteiger partial charge in [0.15, 0.2) is 0 Å². The lowest BCUT2D eigenvalue weighted by molar-refractivity contribution is -0.255. The van der Waals surface area contributed by atoms with E-state index in [0.717, 1.165) is 33.6 Å². The SMILES string of the molecule is O=C(NCCC(O)C(O)c1csc(C(=O)[O-])n1)OCC1c2ccccc2-c2ccccc21. The molecular formula is C23H21N2O6S-. The van der Waals surface area contributed by atoms with Crippen LogP contribution >= 0.6 is 11.3 Å². The average Bonchev–Trinajstić information content (AvgIpc) is 3.41. The molecule has 0 bridgehead atoms. The number of benzene rings is 2. The predicted molar refractivity (Wildman–Crippen MR) is 115 cm³/mol. The molecule has 1 aliphatic carbocycles. The lowest BCUT2D eigenvalue weighted by Gasteiger charge is -2.17. The third kappa shape index (κ3) is 4.50. The summed E-state index contributed by atoms with van der Waals surface area (Å²) < 4.78 is 5.42. The van der Waals surface area contributed by atoms with E-state index in [4.69, 9.17) is 4.74 Å². The minimum absolute atomic E-state index is 0.0313. The van der Waals surface area contributed by atoms with Crippen molar-refractivity contribution in [2.45, 2.75) is 24.5 Å². The van der Waals surface area contributed by atoms with E-state index >= 15 is 0 Å². The Balaban J connectivity index is 1.27. The number of hydrogen-bond donors (Lipinski definition) is 3. The number of aromatic nitrogens is 1. The Morgan fingerprint density at radius 1 is 1.09 bits per heavy atom. The Hall–Kier alpha value is -3.27. The first-order chi connectivity index (χ1) is 15.5. The van der Waals surface area contributed by atoms with Crippen LogP contribution in [0, 0.1) is 0 Å². The highest BCUT2D eigenvalue weighted by atomic mass is 32.1. The number of hydrogen-bond acceptors (Lipinski definition) is 8. The van der Waals surface area contributed by atoms with E-state index in [0.29, 0.717) is 0 Å². The second-order valence-electron chi connectivity index (χ2n) is 7.42. The molecule has 1 aliphatic rings. The number of aliphatic hydroxyl groups excluding tert-OH is 2. The number of amides is 1. The number of carboxylic acid groups (broad SMARTS) is 1. The summed E-state index contributed by atoms with van der Waals surface area (Å²) in [6.45, 7) is 0.238. The Morgan fingerprint density at radius 2 is 1.72 bits per heavy atom. The Kier molecular flexibility index (Phi) is 6.50. The normalized spacial score (nSPS) is 14.3. The smallest absolute Gasteiger partial charge is 0.407 e. The van der Waals surface area contributed by atoms with Crippen molar-refractivity contribution in [2.24, 2.45) is 0 Å². The number of ether oxygens (including phenoxy) is 1. The zero-order valence-electron chi connectivity index (χ0n) is 16.9. The van der Waals surface area contributed by atoms with E-state index in [9.17, 15) is 24.9 Å². The highest BCUT2D eigenvalue weighted by Gasteiger charge is 2.29. The quantitative estimate of drug-likeness (QED) is 0.474. The van der Waals surface area contributed by atoms with Gasteiger partial charge in [0, 0.05) is 17.8 Å². The summed E-state index contributed by atoms with van der Waals surface area (Å²) in [7, 11) is 0. The number of fused-ring (bicyclic) bond motifs is 3. The molecule has 0 spiro atoms. The second-order valence-corrected chi connectivity index (χ2v) is 8.28. The Morgan fingerprint density at radius 3 is 2.31 bits per heavy atom. The molecule has 0 saturated heterocycles. The van der Waals surface area contributed by atoms with E-state index in [1.165, 1.54) is 5.38 Å². The van der Waals surface area contributed by atoms with Gasteiger partial charge in [0.25, 0.3) is 0 Å². The molecule has 3 N–H and O–H groups in total. The van der Waals surface area contributed by atoms with E-state index < -0.39 is 24.3 Å². The average molecular weight is 453 g/mol. The molecule has 1 aromatic heterocycles. The second kappa shape index (κ2) is 9.47. The predicted octanol–water partition coefficient (Wildman–Crippen LogP) is 1.83. The molecule has 32 heavy (non-hydrogen) atoms. The van der Waals surface area contributed by atoms with Crippen LogP contribution in [0.1, 0.15) is 45.1 Å². The van der Waals surface area contributed by atoms with Crippen LogP contribution in [0.3, 0.4) is 0 Å². The largest absolute Gasteiger partial charge is 0.542 e. The van der Waals surface area contributed by atoms with E-state index in [2.05, 4.69) is 22.4 Å². The van der Waals surface area contributed by atoms with Crippen molar-refractivity contribution in [3.8, 4) is 11.1 Å². The van der Waals surface area contributed by atoms with Crippen LogP contribution in [0.2, 0.25) is 0 Å². The lowest BCUT2D eigenvalue weighted by Crippen LogP contribution is -2.30. The standard InChI is InChI=1S/C23H22N2O6S/c26-19(20(27)18-12-32-21(25-18)22(28)29)9-10-24-23(30)31-11-17-15-7-3-1-5-13(15)14-6-2-4-8-16(14)17/h1-8,12,17,19-20,26-27H,9-11H2,(H,24,30)(H,28,29)/p-1. The molecule has 0 fully saturated rings. The molecule has 2 atom stereocenters. The monoisotopic (exact) mass is 453 g/mol. The molecule has 0 aliphatic heterocycles. The van der Waals surface area contributed by atoms with Crippen molar-refractivity contribution >= 4 is 23.4 Å². The number of thiazole rings is 1. The van der Waals surface area contributed by atoms with Crippen molar-refractivity contribution in [3.05, 3.63) is 75.7 Å². The molecule has 4 rings (SSSR count). The number of alkyl carbamates (subject to hydrolysis) is 1. The minimum atomic E-state index is -1.44. The number of aliphatic hydroxyl groups is 2. The molecule has 0 radical (unpaired) electrons. The van der Waals surface area contributed by atoms with Crippen molar-refractivity contribution in [3.63, 3.8) is 0 Å². The number of nitrogens with one attached hydrogen (secondary N) is 1. The number of carbonyl (C=O) groups is 2. The van der Waals surface area contributed by atoms with Gasteiger partial charge < -0.3 is 30.2 Å². The highest BCUT2D eigenvalue weighted by molar-refractivity contribution is 7.11. The van der Waals surface area contributed by atoms with Gasteiger partial charge in [0.05, 0.1) is 11.8 Å². The first-order valence-corrected chi connectivity index (χ1v) is 11.0. The summed E-state index contributed by atoms with van der Waals surface area (Å²) >= 11 is 0.807. The van der Waals surface area contributed by atoms with Crippen LogP contribution in [0.15, 0.2) is 53.9 Å². The summed E-state index contributed by atoms with van der Waals surface area (Å²) in [6.07, 6.45) is -3.20. The van der Waals surface area contributed by atoms with Gasteiger partial charge in [-0.3, -0.25) is 0 Å². The van der Waals surface area contributed by atoms with E-state index in [1.54, 1.807) is 0 Å². The van der Waals surface area contributed by atoms with Crippen molar-refractivity contribution < 1.29 is 29.6 Å². The van der Waals surface area contributed by atoms with Gasteiger partial charge in [0.2, 0.25) is 0 Å². The number of aromatic carboxylic acids is 1. The maximum atomic E-state index is 12.2. The number of carbonyl (C=O) groups excluding carboxylic acids is 2. The third-order valence-corrected chi connectivity index (χ3v) is 6.26. The molecule has 3 aromatic rings. The van der Waals surface area contributed by atoms with E-state index in [1.807, 2.05) is 36.4 Å². The summed E-state index contributed by atoms with van der Waals surface area (Å²) in [5.41, 5.74) is 4.54. The van der Waals surface area contributed by atoms with Crippen LogP contribution in [-0.4, -0.2) is 46.5 Å². The first-order valence-electron chi connectivity index (χ1n) is 10.1. The Labute approximate surface area is 188 Å². The van der Waals surface area contributed by atoms with Crippen LogP contribution in [0.4, 0.5) is 4.79 Å². The molecular weight excluding hydrogens is 432 g/mol. The number of nitrogens with zero attached hydrogens (tertiary/aromatic N) is 1. The Bertz CT molecular complexity index is 1090. The van der Waals surface area contributed by atoms with Crippen molar-refractivity contribution in [1.29, 1.82) is 0 Å². The van der Waals surface area contributed by atoms with Crippen LogP contribution in [0.25, 0.3) is 11.1 Å². The molecule has 0 saturated carbocycles. The minimum Gasteiger partial charge on any atom is -0.542 e. The zero-order valence-corrected chi connectivity index (χ0v) is 17.7. The summed E-state index contributed by atoms with van der Waals surface area (Å²) in [6, 6.07) is 16.1. The maximum Gasteiger partial charge on any atom is 0.407 e. The zero-order chi connectivity index (χ0) is 22.7. The highest BCUT2D eigenvalue weighted by Crippen LogP contribution is 2.44. The lowest BCUT2D eigenvalue weighted by atomic mass is 9.98. The summed E-state index contributed by atoms with van der Waals surface area (Å²) in [5, 5.41) is 34.6. The van der Waals surface area contributed by atoms with Crippen molar-refractivity contribution in [1.82, 2.24) is 10.3 Å². The molecule has 2 aromatic carbocycles. The molecule has 166 valence electrons. The van der Waals surface area contributed by atoms with Gasteiger partial charge in [-0.05, 0) is 28.7 Å². The van der Waals surface area contributed by atoms with Crippen LogP contribution in [-0.2, 0) is 4.74 Å². The van der Waals surface area contributed by atoms with Gasteiger partial charge in [-0.25, -0.2) is 9.78 Å². The molecule has 1 heterocycles. The molecule has 1 amide bonds. The fraction of sp³-hybridized carbons (Fsp3) is 0.261. The van der Waals surface area contributed by atoms with Crippen LogP contribution < -0.4 is 10.4 Å². The first kappa shape index (κ1) is 21.9. The van der Waals surface area contributed by atoms with Gasteiger partial charge in [-0.1, -0.05) is 48.5 Å². The fourth-order valence-corrected chi connectivity index (χ4v) is 4.52. The third-order valence-electron chi connectivity index (χ3n) is 5.42. The molecule has 8 nitrogen and oxygen atoms in total. The topological polar surface area (TPSA) is 132 Å².